The smallest absolute Gasteiger partial charge is 0.253 e. The summed E-state index contributed by atoms with van der Waals surface area (Å²) in [4.78, 5) is 28.3. The van der Waals surface area contributed by atoms with Gasteiger partial charge in [0.15, 0.2) is 0 Å². The van der Waals surface area contributed by atoms with Crippen molar-refractivity contribution in [3.63, 3.8) is 0 Å². The summed E-state index contributed by atoms with van der Waals surface area (Å²) in [6.45, 7) is 9.90. The van der Waals surface area contributed by atoms with Gasteiger partial charge >= 0.3 is 0 Å². The molecular weight excluding hydrogens is 276 g/mol. The van der Waals surface area contributed by atoms with E-state index >= 15 is 0 Å². The lowest BCUT2D eigenvalue weighted by molar-refractivity contribution is -0.122. The first-order valence-corrected chi connectivity index (χ1v) is 8.08. The van der Waals surface area contributed by atoms with Crippen LogP contribution in [-0.2, 0) is 4.79 Å². The minimum Gasteiger partial charge on any atom is -0.336 e. The molecule has 0 bridgehead atoms. The molecule has 0 N–H and O–H groups in total. The average molecular weight is 302 g/mol. The molecule has 4 heteroatoms. The normalized spacial score (nSPS) is 16.1. The van der Waals surface area contributed by atoms with Crippen LogP contribution < -0.4 is 0 Å². The third kappa shape index (κ3) is 4.41. The Labute approximate surface area is 133 Å². The molecule has 1 aliphatic rings. The van der Waals surface area contributed by atoms with Crippen LogP contribution in [0.15, 0.2) is 24.3 Å². The topological polar surface area (TPSA) is 40.6 Å². The number of hydrogen-bond donors (Lipinski definition) is 0. The molecule has 1 fully saturated rings. The lowest BCUT2D eigenvalue weighted by Gasteiger charge is -2.34. The van der Waals surface area contributed by atoms with E-state index in [-0.39, 0.29) is 11.8 Å². The number of amides is 1. The fourth-order valence-corrected chi connectivity index (χ4v) is 2.61. The number of nitrogens with zero attached hydrogens (tertiary/aromatic N) is 2. The van der Waals surface area contributed by atoms with Crippen molar-refractivity contribution in [1.82, 2.24) is 9.80 Å². The van der Waals surface area contributed by atoms with Gasteiger partial charge < -0.3 is 4.90 Å². The summed E-state index contributed by atoms with van der Waals surface area (Å²) in [5.74, 6) is 0.542. The van der Waals surface area contributed by atoms with Gasteiger partial charge in [-0.3, -0.25) is 14.5 Å². The minimum absolute atomic E-state index is 0.109. The molecule has 0 spiro atoms. The van der Waals surface area contributed by atoms with Crippen LogP contribution in [0.5, 0.6) is 0 Å². The van der Waals surface area contributed by atoms with Crippen LogP contribution in [0.4, 0.5) is 0 Å². The lowest BCUT2D eigenvalue weighted by Crippen LogP contribution is -2.49. The fraction of sp³-hybridized carbons (Fsp3) is 0.556. The standard InChI is InChI=1S/C18H26N2O2/c1-14(2)17(21)8-9-19-10-12-20(13-11-19)18(22)16-6-4-15(3)5-7-16/h4-7,14H,8-13H2,1-3H3. The number of aryl methyl sites for hydroxylation is 1. The van der Waals surface area contributed by atoms with Crippen molar-refractivity contribution in [2.24, 2.45) is 5.92 Å². The maximum atomic E-state index is 12.4. The number of rotatable bonds is 5. The second kappa shape index (κ2) is 7.54. The van der Waals surface area contributed by atoms with Crippen molar-refractivity contribution in [2.75, 3.05) is 32.7 Å². The second-order valence-electron chi connectivity index (χ2n) is 6.37. The Bertz CT molecular complexity index is 514. The molecule has 120 valence electrons. The number of benzene rings is 1. The van der Waals surface area contributed by atoms with Gasteiger partial charge in [-0.2, -0.15) is 0 Å². The highest BCUT2D eigenvalue weighted by molar-refractivity contribution is 5.94. The molecule has 1 saturated heterocycles. The van der Waals surface area contributed by atoms with Crippen LogP contribution >= 0.6 is 0 Å². The Morgan fingerprint density at radius 3 is 2.18 bits per heavy atom. The van der Waals surface area contributed by atoms with E-state index in [4.69, 9.17) is 0 Å². The maximum absolute atomic E-state index is 12.4. The van der Waals surface area contributed by atoms with Gasteiger partial charge in [0.2, 0.25) is 0 Å². The van der Waals surface area contributed by atoms with Crippen LogP contribution in [0.3, 0.4) is 0 Å². The molecule has 1 aliphatic heterocycles. The van der Waals surface area contributed by atoms with Crippen LogP contribution in [0, 0.1) is 12.8 Å². The summed E-state index contributed by atoms with van der Waals surface area (Å²) < 4.78 is 0. The molecule has 0 atom stereocenters. The van der Waals surface area contributed by atoms with Crippen molar-refractivity contribution in [2.45, 2.75) is 27.2 Å². The van der Waals surface area contributed by atoms with E-state index in [1.54, 1.807) is 0 Å². The first kappa shape index (κ1) is 16.7. The van der Waals surface area contributed by atoms with Gasteiger partial charge in [-0.15, -0.1) is 0 Å². The van der Waals surface area contributed by atoms with Gasteiger partial charge in [0.05, 0.1) is 0 Å². The summed E-state index contributed by atoms with van der Waals surface area (Å²) in [6.07, 6.45) is 0.615. The Kier molecular flexibility index (Phi) is 5.72. The van der Waals surface area contributed by atoms with Crippen molar-refractivity contribution >= 4 is 11.7 Å². The predicted octanol–water partition coefficient (Wildman–Crippen LogP) is 2.37. The average Bonchev–Trinajstić information content (AvgIpc) is 2.53. The van der Waals surface area contributed by atoms with E-state index in [9.17, 15) is 9.59 Å². The van der Waals surface area contributed by atoms with Gasteiger partial charge in [-0.05, 0) is 19.1 Å². The molecular formula is C18H26N2O2. The summed E-state index contributed by atoms with van der Waals surface area (Å²) >= 11 is 0. The Morgan fingerprint density at radius 1 is 1.05 bits per heavy atom. The van der Waals surface area contributed by atoms with Gasteiger partial charge in [-0.1, -0.05) is 31.5 Å². The summed E-state index contributed by atoms with van der Waals surface area (Å²) in [6, 6.07) is 7.73. The summed E-state index contributed by atoms with van der Waals surface area (Å²) in [7, 11) is 0. The van der Waals surface area contributed by atoms with E-state index < -0.39 is 0 Å². The lowest BCUT2D eigenvalue weighted by atomic mass is 10.1. The van der Waals surface area contributed by atoms with E-state index in [0.717, 1.165) is 43.9 Å². The zero-order valence-corrected chi connectivity index (χ0v) is 13.8. The molecule has 4 nitrogen and oxygen atoms in total. The minimum atomic E-state index is 0.109. The van der Waals surface area contributed by atoms with E-state index in [0.29, 0.717) is 12.2 Å². The molecule has 0 aliphatic carbocycles. The summed E-state index contributed by atoms with van der Waals surface area (Å²) in [5, 5.41) is 0. The second-order valence-corrected chi connectivity index (χ2v) is 6.37. The third-order valence-corrected chi connectivity index (χ3v) is 4.28. The highest BCUT2D eigenvalue weighted by Gasteiger charge is 2.22. The first-order chi connectivity index (χ1) is 10.5. The van der Waals surface area contributed by atoms with Crippen molar-refractivity contribution in [1.29, 1.82) is 0 Å². The Hall–Kier alpha value is -1.68. The van der Waals surface area contributed by atoms with E-state index in [2.05, 4.69) is 4.90 Å². The van der Waals surface area contributed by atoms with Gasteiger partial charge in [0.1, 0.15) is 5.78 Å². The first-order valence-electron chi connectivity index (χ1n) is 8.08. The predicted molar refractivity (Wildman–Crippen MR) is 88.0 cm³/mol. The zero-order chi connectivity index (χ0) is 16.1. The largest absolute Gasteiger partial charge is 0.336 e. The van der Waals surface area contributed by atoms with Gasteiger partial charge in [-0.25, -0.2) is 0 Å². The number of piperazine rings is 1. The molecule has 0 aromatic heterocycles. The van der Waals surface area contributed by atoms with Crippen LogP contribution in [0.2, 0.25) is 0 Å². The number of Topliss-reactive ketones (excluding diaryl/α,β-unsaturated/α-hetero) is 1. The van der Waals surface area contributed by atoms with Crippen LogP contribution in [-0.4, -0.2) is 54.2 Å². The SMILES string of the molecule is Cc1ccc(C(=O)N2CCN(CCC(=O)C(C)C)CC2)cc1. The molecule has 1 aromatic carbocycles. The van der Waals surface area contributed by atoms with Gasteiger partial charge in [0, 0.05) is 50.6 Å². The van der Waals surface area contributed by atoms with Crippen LogP contribution in [0.25, 0.3) is 0 Å². The summed E-state index contributed by atoms with van der Waals surface area (Å²) in [5.41, 5.74) is 1.92. The van der Waals surface area contributed by atoms with E-state index in [1.807, 2.05) is 49.9 Å². The number of carbonyl (C=O) groups excluding carboxylic acids is 2. The van der Waals surface area contributed by atoms with Crippen LogP contribution in [0.1, 0.15) is 36.2 Å². The molecule has 0 saturated carbocycles. The molecule has 1 aromatic rings. The van der Waals surface area contributed by atoms with Crippen molar-refractivity contribution < 1.29 is 9.59 Å². The molecule has 1 heterocycles. The highest BCUT2D eigenvalue weighted by Crippen LogP contribution is 2.11. The zero-order valence-electron chi connectivity index (χ0n) is 13.8. The number of carbonyl (C=O) groups is 2. The quantitative estimate of drug-likeness (QED) is 0.838. The monoisotopic (exact) mass is 302 g/mol. The Morgan fingerprint density at radius 2 is 1.64 bits per heavy atom. The highest BCUT2D eigenvalue weighted by atomic mass is 16.2. The van der Waals surface area contributed by atoms with Crippen molar-refractivity contribution in [3.8, 4) is 0 Å². The Balaban J connectivity index is 1.80. The molecule has 2 rings (SSSR count). The van der Waals surface area contributed by atoms with E-state index in [1.165, 1.54) is 0 Å². The maximum Gasteiger partial charge on any atom is 0.253 e. The molecule has 22 heavy (non-hydrogen) atoms. The van der Waals surface area contributed by atoms with Crippen molar-refractivity contribution in [3.05, 3.63) is 35.4 Å². The molecule has 1 amide bonds. The molecule has 0 radical (unpaired) electrons. The third-order valence-electron chi connectivity index (χ3n) is 4.28. The number of ketones is 1. The fourth-order valence-electron chi connectivity index (χ4n) is 2.61. The number of hydrogen-bond acceptors (Lipinski definition) is 3. The molecule has 0 unspecified atom stereocenters. The van der Waals surface area contributed by atoms with Gasteiger partial charge in [0.25, 0.3) is 5.91 Å².